The van der Waals surface area contributed by atoms with E-state index in [2.05, 4.69) is 153 Å². The summed E-state index contributed by atoms with van der Waals surface area (Å²) in [7, 11) is 0. The maximum absolute atomic E-state index is 11.5. The molecule has 0 aliphatic carbocycles. The molecule has 2 aliphatic rings. The monoisotopic (exact) mass is 1200 g/mol. The Morgan fingerprint density at radius 1 is 0.355 bits per heavy atom. The molecule has 442 valence electrons. The Morgan fingerprint density at radius 2 is 0.860 bits per heavy atom. The van der Waals surface area contributed by atoms with Gasteiger partial charge in [-0.3, -0.25) is 0 Å². The van der Waals surface area contributed by atoms with Gasteiger partial charge in [0.1, 0.15) is 6.07 Å². The highest BCUT2D eigenvalue weighted by Crippen LogP contribution is 2.53. The predicted molar refractivity (Wildman–Crippen MR) is 393 cm³/mol. The van der Waals surface area contributed by atoms with E-state index in [1.165, 1.54) is 0 Å². The molecule has 0 radical (unpaired) electrons. The number of nitrogens with zero attached hydrogens (tertiary/aromatic N) is 5. The second-order valence-electron chi connectivity index (χ2n) is 26.2. The van der Waals surface area contributed by atoms with E-state index >= 15 is 0 Å². The standard InChI is InChI=1S/C87H66BN5/c1-86(2,3)63-49-71(58-29-15-9-16-30-58)85(72(50-63)59-31-17-10-18-32-59)93-80-48-61(57-27-13-8-14-28-57)41-45-73(80)88-74-46-43-66(90-75-36-22-19-33-67(75)68-34-20-23-37-76(68)90)54-81(74)91(82-51-64(87(4,5)6)52-83(93)84(82)88)65-42-39-62(55-89)78(53-65)92-77-38-24-21-35-69(77)70-44-40-60(47-79(70)92)56-25-11-7-12-26-56/h7-54H,1-6H3/i8D,13D,14D,19D,20D,22D,23D,27D,28D,33D,34D,36D,37D. The van der Waals surface area contributed by atoms with Crippen molar-refractivity contribution in [3.63, 3.8) is 0 Å². The van der Waals surface area contributed by atoms with E-state index in [4.69, 9.17) is 9.60 Å². The van der Waals surface area contributed by atoms with Crippen LogP contribution in [0.4, 0.5) is 34.1 Å². The van der Waals surface area contributed by atoms with Gasteiger partial charge in [0.25, 0.3) is 6.71 Å². The number of rotatable bonds is 8. The van der Waals surface area contributed by atoms with Crippen LogP contribution in [0.15, 0.2) is 291 Å². The topological polar surface area (TPSA) is 40.1 Å². The van der Waals surface area contributed by atoms with Gasteiger partial charge in [0.15, 0.2) is 0 Å². The maximum atomic E-state index is 11.5. The number of hydrogen-bond acceptors (Lipinski definition) is 3. The van der Waals surface area contributed by atoms with Gasteiger partial charge >= 0.3 is 0 Å². The summed E-state index contributed by atoms with van der Waals surface area (Å²) in [4.78, 5) is 4.51. The summed E-state index contributed by atoms with van der Waals surface area (Å²) in [6, 6.07) is 68.1. The van der Waals surface area contributed by atoms with Gasteiger partial charge in [-0.2, -0.15) is 5.26 Å². The van der Waals surface area contributed by atoms with Crippen molar-refractivity contribution in [2.24, 2.45) is 0 Å². The largest absolute Gasteiger partial charge is 0.311 e. The molecule has 0 fully saturated rings. The van der Waals surface area contributed by atoms with Gasteiger partial charge in [0, 0.05) is 66.8 Å². The van der Waals surface area contributed by atoms with Gasteiger partial charge in [-0.1, -0.05) is 248 Å². The Balaban J connectivity index is 1.05. The molecule has 0 bridgehead atoms. The fourth-order valence-corrected chi connectivity index (χ4v) is 14.3. The smallest absolute Gasteiger partial charge is 0.252 e. The van der Waals surface area contributed by atoms with E-state index in [1.807, 2.05) is 121 Å². The Labute approximate surface area is 562 Å². The molecule has 15 aromatic rings. The van der Waals surface area contributed by atoms with Crippen LogP contribution in [-0.4, -0.2) is 15.8 Å². The van der Waals surface area contributed by atoms with Crippen LogP contribution in [0.25, 0.3) is 99.5 Å². The minimum atomic E-state index is -0.687. The number of aromatic nitrogens is 2. The average Bonchev–Trinajstić information content (AvgIpc) is 0.878. The third kappa shape index (κ3) is 8.97. The second kappa shape index (κ2) is 21.4. The van der Waals surface area contributed by atoms with Crippen LogP contribution in [0.3, 0.4) is 0 Å². The van der Waals surface area contributed by atoms with Crippen molar-refractivity contribution in [2.75, 3.05) is 9.80 Å². The van der Waals surface area contributed by atoms with E-state index in [9.17, 15) is 13.5 Å². The number of nitriles is 1. The lowest BCUT2D eigenvalue weighted by atomic mass is 9.33. The highest BCUT2D eigenvalue weighted by atomic mass is 15.2. The van der Waals surface area contributed by atoms with Gasteiger partial charge in [-0.15, -0.1) is 0 Å². The number of hydrogen-bond donors (Lipinski definition) is 0. The van der Waals surface area contributed by atoms with Crippen LogP contribution >= 0.6 is 0 Å². The first kappa shape index (κ1) is 43.3. The van der Waals surface area contributed by atoms with Gasteiger partial charge in [0.05, 0.1) is 56.8 Å². The molecule has 4 heterocycles. The van der Waals surface area contributed by atoms with Gasteiger partial charge in [0.2, 0.25) is 0 Å². The number of fused-ring (bicyclic) bond motifs is 10. The molecule has 2 aliphatic heterocycles. The molecule has 6 heteroatoms. The Bertz CT molecular complexity index is 6200. The Hall–Kier alpha value is -11.4. The molecule has 0 spiro atoms. The van der Waals surface area contributed by atoms with Crippen LogP contribution in [0.5, 0.6) is 0 Å². The van der Waals surface area contributed by atoms with Crippen molar-refractivity contribution in [2.45, 2.75) is 52.4 Å². The third-order valence-electron chi connectivity index (χ3n) is 18.8. The fraction of sp³-hybridized carbons (Fsp3) is 0.0920. The quantitative estimate of drug-likeness (QED) is 0.142. The van der Waals surface area contributed by atoms with Crippen LogP contribution in [0, 0.1) is 11.3 Å². The van der Waals surface area contributed by atoms with Gasteiger partial charge in [-0.05, 0) is 157 Å². The highest BCUT2D eigenvalue weighted by molar-refractivity contribution is 7.00. The first-order valence-corrected chi connectivity index (χ1v) is 31.3. The zero-order valence-electron chi connectivity index (χ0n) is 65.0. The normalized spacial score (nSPS) is 14.7. The molecule has 0 atom stereocenters. The number of para-hydroxylation sites is 3. The Morgan fingerprint density at radius 3 is 1.49 bits per heavy atom. The lowest BCUT2D eigenvalue weighted by Crippen LogP contribution is -2.61. The molecule has 2 aromatic heterocycles. The van der Waals surface area contributed by atoms with Gasteiger partial charge < -0.3 is 18.9 Å². The van der Waals surface area contributed by atoms with Crippen molar-refractivity contribution >= 4 is 101 Å². The highest BCUT2D eigenvalue weighted by Gasteiger charge is 2.46. The van der Waals surface area contributed by atoms with Crippen molar-refractivity contribution in [1.82, 2.24) is 9.13 Å². The molecular formula is C87H66BN5. The SMILES string of the molecule is [2H]c1c([2H])c([2H])c(-c2ccc3c(c2)N(c2c(-c4ccccc4)cc(C(C)(C)C)cc2-c2ccccc2)c2cc(C(C)(C)C)cc4c2B3c2ccc(-n3c5c([2H])c([2H])c([2H])c([2H])c5c5c([2H])c([2H])c([2H])c([2H])c53)cc2N4c2ccc(C#N)c(-n3c4ccccc4c4ccc(-c5ccccc5)cc43)c2)c([2H])c1[2H]. The number of anilines is 6. The zero-order valence-corrected chi connectivity index (χ0v) is 52.0. The molecule has 93 heavy (non-hydrogen) atoms. The molecule has 0 saturated heterocycles. The van der Waals surface area contributed by atoms with E-state index in [-0.39, 0.29) is 44.9 Å². The summed E-state index contributed by atoms with van der Waals surface area (Å²) in [5, 5.41) is 13.4. The summed E-state index contributed by atoms with van der Waals surface area (Å²) < 4.78 is 124. The molecule has 5 nitrogen and oxygen atoms in total. The molecular weight excluding hydrogens is 1130 g/mol. The molecule has 0 N–H and O–H groups in total. The summed E-state index contributed by atoms with van der Waals surface area (Å²) in [6.07, 6.45) is 0. The van der Waals surface area contributed by atoms with Crippen LogP contribution in [-0.2, 0) is 10.8 Å². The maximum Gasteiger partial charge on any atom is 0.252 e. The minimum absolute atomic E-state index is 0.0245. The molecule has 17 rings (SSSR count). The van der Waals surface area contributed by atoms with Crippen LogP contribution < -0.4 is 26.2 Å². The van der Waals surface area contributed by atoms with Crippen molar-refractivity contribution in [3.8, 4) is 62.0 Å². The van der Waals surface area contributed by atoms with E-state index in [0.29, 0.717) is 39.6 Å². The third-order valence-corrected chi connectivity index (χ3v) is 18.8. The summed E-state index contributed by atoms with van der Waals surface area (Å²) in [5.74, 6) is 0. The second-order valence-corrected chi connectivity index (χ2v) is 26.2. The summed E-state index contributed by atoms with van der Waals surface area (Å²) in [6.45, 7) is 12.4. The first-order valence-electron chi connectivity index (χ1n) is 37.8. The van der Waals surface area contributed by atoms with Crippen molar-refractivity contribution in [1.29, 1.82) is 5.26 Å². The van der Waals surface area contributed by atoms with Gasteiger partial charge in [-0.25, -0.2) is 0 Å². The number of benzene rings is 13. The van der Waals surface area contributed by atoms with E-state index in [1.54, 1.807) is 4.57 Å². The lowest BCUT2D eigenvalue weighted by Gasteiger charge is -2.46. The molecule has 0 amide bonds. The van der Waals surface area contributed by atoms with Crippen molar-refractivity contribution in [3.05, 3.63) is 308 Å². The minimum Gasteiger partial charge on any atom is -0.311 e. The van der Waals surface area contributed by atoms with E-state index in [0.717, 1.165) is 99.8 Å². The fourth-order valence-electron chi connectivity index (χ4n) is 14.3. The first-order chi connectivity index (χ1) is 50.8. The molecule has 13 aromatic carbocycles. The summed E-state index contributed by atoms with van der Waals surface area (Å²) >= 11 is 0. The Kier molecular flexibility index (Phi) is 9.96. The lowest BCUT2D eigenvalue weighted by molar-refractivity contribution is 0.590. The van der Waals surface area contributed by atoms with E-state index < -0.39 is 78.6 Å². The molecule has 0 unspecified atom stereocenters. The summed E-state index contributed by atoms with van der Waals surface area (Å²) in [5.41, 5.74) is 16.5. The van der Waals surface area contributed by atoms with Crippen LogP contribution in [0.1, 0.15) is 76.1 Å². The van der Waals surface area contributed by atoms with Crippen LogP contribution in [0.2, 0.25) is 0 Å². The average molecular weight is 1210 g/mol. The zero-order chi connectivity index (χ0) is 74.2. The predicted octanol–water partition coefficient (Wildman–Crippen LogP) is 21.1. The molecule has 0 saturated carbocycles. The van der Waals surface area contributed by atoms with Crippen molar-refractivity contribution < 1.29 is 17.8 Å².